The lowest BCUT2D eigenvalue weighted by atomic mass is 9.95. The van der Waals surface area contributed by atoms with Crippen LogP contribution in [0.25, 0.3) is 0 Å². The van der Waals surface area contributed by atoms with Crippen molar-refractivity contribution in [1.29, 1.82) is 0 Å². The largest absolute Gasteiger partial charge is 0.496 e. The minimum Gasteiger partial charge on any atom is -0.496 e. The fourth-order valence-electron chi connectivity index (χ4n) is 4.00. The van der Waals surface area contributed by atoms with Gasteiger partial charge in [-0.05, 0) is 37.0 Å². The maximum atomic E-state index is 13.6. The van der Waals surface area contributed by atoms with Crippen molar-refractivity contribution < 1.29 is 13.9 Å². The van der Waals surface area contributed by atoms with E-state index in [0.717, 1.165) is 50.6 Å². The average molecular weight is 322 g/mol. The van der Waals surface area contributed by atoms with Crippen LogP contribution in [-0.4, -0.2) is 62.8 Å². The number of ether oxygens (including phenoxy) is 2. The Morgan fingerprint density at radius 3 is 2.83 bits per heavy atom. The van der Waals surface area contributed by atoms with E-state index in [1.54, 1.807) is 26.4 Å². The Bertz CT molecular complexity index is 526. The van der Waals surface area contributed by atoms with E-state index >= 15 is 0 Å². The number of fused-ring (bicyclic) bond motifs is 4. The van der Waals surface area contributed by atoms with Crippen molar-refractivity contribution in [2.45, 2.75) is 25.4 Å². The summed E-state index contributed by atoms with van der Waals surface area (Å²) in [5.74, 6) is 1.28. The van der Waals surface area contributed by atoms with Crippen LogP contribution in [0.5, 0.6) is 5.75 Å². The van der Waals surface area contributed by atoms with Gasteiger partial charge in [0.15, 0.2) is 0 Å². The van der Waals surface area contributed by atoms with E-state index in [4.69, 9.17) is 9.47 Å². The van der Waals surface area contributed by atoms with E-state index in [2.05, 4.69) is 9.80 Å². The van der Waals surface area contributed by atoms with Gasteiger partial charge in [-0.3, -0.25) is 9.80 Å². The van der Waals surface area contributed by atoms with E-state index in [-0.39, 0.29) is 5.82 Å². The van der Waals surface area contributed by atoms with Crippen molar-refractivity contribution in [3.63, 3.8) is 0 Å². The number of methoxy groups -OCH3 is 2. The molecule has 5 heteroatoms. The monoisotopic (exact) mass is 322 g/mol. The summed E-state index contributed by atoms with van der Waals surface area (Å²) in [5, 5.41) is 0. The Hall–Kier alpha value is -1.17. The fraction of sp³-hybridized carbons (Fsp3) is 0.667. The van der Waals surface area contributed by atoms with Gasteiger partial charge < -0.3 is 9.47 Å². The van der Waals surface area contributed by atoms with E-state index < -0.39 is 0 Å². The molecule has 2 bridgehead atoms. The Morgan fingerprint density at radius 2 is 2.04 bits per heavy atom. The summed E-state index contributed by atoms with van der Waals surface area (Å²) in [6.45, 7) is 5.84. The molecule has 0 aromatic heterocycles. The quantitative estimate of drug-likeness (QED) is 0.803. The molecule has 23 heavy (non-hydrogen) atoms. The standard InChI is InChI=1S/C18H27FN2O2/c1-22-8-7-21-11-14-3-5-17(21)13-20(10-14)12-15-9-16(19)4-6-18(15)23-2/h4,6,9,14,17H,3,5,7-8,10-13H2,1-2H3/t14-,17+/m1/s1. The van der Waals surface area contributed by atoms with Crippen LogP contribution in [0.1, 0.15) is 18.4 Å². The molecule has 4 rings (SSSR count). The number of halogens is 1. The van der Waals surface area contributed by atoms with Crippen molar-refractivity contribution in [2.75, 3.05) is 47.0 Å². The molecule has 0 N–H and O–H groups in total. The minimum atomic E-state index is -0.194. The molecule has 0 unspecified atom stereocenters. The summed E-state index contributed by atoms with van der Waals surface area (Å²) in [5.41, 5.74) is 0.942. The number of nitrogens with zero attached hydrogens (tertiary/aromatic N) is 2. The smallest absolute Gasteiger partial charge is 0.123 e. The number of hydrogen-bond donors (Lipinski definition) is 0. The van der Waals surface area contributed by atoms with Crippen LogP contribution in [-0.2, 0) is 11.3 Å². The topological polar surface area (TPSA) is 24.9 Å². The van der Waals surface area contributed by atoms with Crippen molar-refractivity contribution in [3.8, 4) is 5.75 Å². The summed E-state index contributed by atoms with van der Waals surface area (Å²) in [6, 6.07) is 5.38. The lowest BCUT2D eigenvalue weighted by Crippen LogP contribution is -2.45. The highest BCUT2D eigenvalue weighted by atomic mass is 19.1. The van der Waals surface area contributed by atoms with Crippen LogP contribution < -0.4 is 4.74 Å². The number of hydrogen-bond acceptors (Lipinski definition) is 4. The summed E-state index contributed by atoms with van der Waals surface area (Å²) in [4.78, 5) is 5.03. The highest BCUT2D eigenvalue weighted by Gasteiger charge is 2.34. The van der Waals surface area contributed by atoms with Crippen molar-refractivity contribution in [2.24, 2.45) is 5.92 Å². The first kappa shape index (κ1) is 16.7. The summed E-state index contributed by atoms with van der Waals surface area (Å²) in [6.07, 6.45) is 2.55. The molecule has 0 amide bonds. The minimum absolute atomic E-state index is 0.194. The predicted molar refractivity (Wildman–Crippen MR) is 88.2 cm³/mol. The number of benzene rings is 1. The van der Waals surface area contributed by atoms with Gasteiger partial charge in [0.1, 0.15) is 11.6 Å². The number of rotatable bonds is 6. The van der Waals surface area contributed by atoms with Gasteiger partial charge in [-0.25, -0.2) is 4.39 Å². The summed E-state index contributed by atoms with van der Waals surface area (Å²) in [7, 11) is 3.41. The van der Waals surface area contributed by atoms with Crippen LogP contribution in [0, 0.1) is 11.7 Å². The van der Waals surface area contributed by atoms with E-state index in [1.165, 1.54) is 18.9 Å². The third kappa shape index (κ3) is 4.03. The zero-order valence-corrected chi connectivity index (χ0v) is 14.1. The van der Waals surface area contributed by atoms with Gasteiger partial charge in [-0.15, -0.1) is 0 Å². The van der Waals surface area contributed by atoms with Crippen molar-refractivity contribution in [1.82, 2.24) is 9.80 Å². The second-order valence-electron chi connectivity index (χ2n) is 6.74. The molecule has 0 radical (unpaired) electrons. The molecule has 1 aromatic carbocycles. The molecule has 3 fully saturated rings. The third-order valence-corrected chi connectivity index (χ3v) is 5.12. The average Bonchev–Trinajstić information content (AvgIpc) is 2.83. The van der Waals surface area contributed by atoms with Crippen LogP contribution >= 0.6 is 0 Å². The molecule has 0 spiro atoms. The van der Waals surface area contributed by atoms with Crippen LogP contribution in [0.2, 0.25) is 0 Å². The molecule has 3 heterocycles. The first-order valence-electron chi connectivity index (χ1n) is 8.47. The molecule has 2 atom stereocenters. The summed E-state index contributed by atoms with van der Waals surface area (Å²) >= 11 is 0. The lowest BCUT2D eigenvalue weighted by molar-refractivity contribution is 0.0867. The Kier molecular flexibility index (Phi) is 5.51. The Balaban J connectivity index is 1.69. The first-order chi connectivity index (χ1) is 11.2. The first-order valence-corrected chi connectivity index (χ1v) is 8.47. The fourth-order valence-corrected chi connectivity index (χ4v) is 4.00. The van der Waals surface area contributed by atoms with Crippen LogP contribution in [0.15, 0.2) is 18.2 Å². The van der Waals surface area contributed by atoms with E-state index in [1.807, 2.05) is 0 Å². The Morgan fingerprint density at radius 1 is 1.17 bits per heavy atom. The highest BCUT2D eigenvalue weighted by Crippen LogP contribution is 2.30. The molecule has 0 saturated carbocycles. The van der Waals surface area contributed by atoms with E-state index in [0.29, 0.717) is 12.0 Å². The predicted octanol–water partition coefficient (Wildman–Crippen LogP) is 2.38. The van der Waals surface area contributed by atoms with Gasteiger partial charge in [0.25, 0.3) is 0 Å². The molecular weight excluding hydrogens is 295 g/mol. The second kappa shape index (κ2) is 7.60. The van der Waals surface area contributed by atoms with Gasteiger partial charge in [0.2, 0.25) is 0 Å². The highest BCUT2D eigenvalue weighted by molar-refractivity contribution is 5.33. The van der Waals surface area contributed by atoms with Crippen molar-refractivity contribution in [3.05, 3.63) is 29.6 Å². The van der Waals surface area contributed by atoms with Gasteiger partial charge >= 0.3 is 0 Å². The normalized spacial score (nSPS) is 25.5. The van der Waals surface area contributed by atoms with Gasteiger partial charge in [-0.1, -0.05) is 0 Å². The van der Waals surface area contributed by atoms with Gasteiger partial charge in [-0.2, -0.15) is 0 Å². The molecule has 0 aliphatic carbocycles. The van der Waals surface area contributed by atoms with E-state index in [9.17, 15) is 4.39 Å². The van der Waals surface area contributed by atoms with Gasteiger partial charge in [0.05, 0.1) is 13.7 Å². The molecule has 3 aliphatic rings. The summed E-state index contributed by atoms with van der Waals surface area (Å²) < 4.78 is 24.2. The Labute approximate surface area is 138 Å². The molecule has 128 valence electrons. The molecule has 3 aliphatic heterocycles. The van der Waals surface area contributed by atoms with Crippen LogP contribution in [0.4, 0.5) is 4.39 Å². The third-order valence-electron chi connectivity index (χ3n) is 5.12. The second-order valence-corrected chi connectivity index (χ2v) is 6.74. The van der Waals surface area contributed by atoms with Crippen molar-refractivity contribution >= 4 is 0 Å². The zero-order chi connectivity index (χ0) is 16.2. The van der Waals surface area contributed by atoms with Crippen LogP contribution in [0.3, 0.4) is 0 Å². The number of piperidine rings is 1. The molecule has 4 nitrogen and oxygen atoms in total. The maximum absolute atomic E-state index is 13.6. The lowest BCUT2D eigenvalue weighted by Gasteiger charge is -2.35. The SMILES string of the molecule is COCCN1C[C@@H]2CC[C@H]1CN(Cc1cc(F)ccc1OC)C2. The molecule has 3 saturated heterocycles. The zero-order valence-electron chi connectivity index (χ0n) is 14.1. The molecule has 1 aromatic rings. The molecular formula is C18H27FN2O2. The maximum Gasteiger partial charge on any atom is 0.123 e. The van der Waals surface area contributed by atoms with Gasteiger partial charge in [0, 0.05) is 51.4 Å².